The number of ether oxygens (including phenoxy) is 1. The van der Waals surface area contributed by atoms with E-state index in [4.69, 9.17) is 9.26 Å². The Balaban J connectivity index is 1.78. The van der Waals surface area contributed by atoms with Crippen LogP contribution in [0.15, 0.2) is 9.52 Å². The minimum Gasteiger partial charge on any atom is -0.378 e. The SMILES string of the molecule is CCCCOC1CC(NC(=NC)NCc2noc(C)n2)C1(C)C. The first-order valence-corrected chi connectivity index (χ1v) is 8.35. The van der Waals surface area contributed by atoms with Crippen molar-refractivity contribution in [2.24, 2.45) is 10.4 Å². The Kier molecular flexibility index (Phi) is 5.98. The van der Waals surface area contributed by atoms with Gasteiger partial charge in [-0.25, -0.2) is 0 Å². The Bertz CT molecular complexity index is 526. The van der Waals surface area contributed by atoms with E-state index in [2.05, 4.69) is 46.5 Å². The summed E-state index contributed by atoms with van der Waals surface area (Å²) in [5, 5.41) is 10.5. The first-order valence-electron chi connectivity index (χ1n) is 8.35. The van der Waals surface area contributed by atoms with E-state index < -0.39 is 0 Å². The molecule has 1 aromatic rings. The molecule has 2 N–H and O–H groups in total. The van der Waals surface area contributed by atoms with E-state index in [-0.39, 0.29) is 5.41 Å². The fraction of sp³-hybridized carbons (Fsp3) is 0.812. The molecule has 2 atom stereocenters. The molecule has 1 aliphatic carbocycles. The summed E-state index contributed by atoms with van der Waals surface area (Å²) in [6.45, 7) is 9.77. The number of guanidine groups is 1. The van der Waals surface area contributed by atoms with Gasteiger partial charge in [-0.15, -0.1) is 0 Å². The van der Waals surface area contributed by atoms with Gasteiger partial charge in [0.25, 0.3) is 0 Å². The molecule has 2 rings (SSSR count). The average Bonchev–Trinajstić information content (AvgIpc) is 2.94. The van der Waals surface area contributed by atoms with Gasteiger partial charge in [-0.3, -0.25) is 4.99 Å². The van der Waals surface area contributed by atoms with Crippen LogP contribution < -0.4 is 10.6 Å². The van der Waals surface area contributed by atoms with E-state index in [1.807, 2.05) is 0 Å². The molecule has 7 nitrogen and oxygen atoms in total. The van der Waals surface area contributed by atoms with Crippen molar-refractivity contribution in [2.75, 3.05) is 13.7 Å². The molecule has 0 bridgehead atoms. The van der Waals surface area contributed by atoms with Gasteiger partial charge in [0.1, 0.15) is 0 Å². The minimum atomic E-state index is 0.0914. The zero-order chi connectivity index (χ0) is 16.9. The fourth-order valence-electron chi connectivity index (χ4n) is 2.72. The van der Waals surface area contributed by atoms with Gasteiger partial charge in [0.15, 0.2) is 11.8 Å². The number of aliphatic imine (C=N–C) groups is 1. The molecule has 1 heterocycles. The molecule has 130 valence electrons. The van der Waals surface area contributed by atoms with E-state index in [9.17, 15) is 0 Å². The number of hydrogen-bond donors (Lipinski definition) is 2. The molecule has 1 aromatic heterocycles. The first kappa shape index (κ1) is 17.7. The third-order valence-electron chi connectivity index (χ3n) is 4.51. The third-order valence-corrected chi connectivity index (χ3v) is 4.51. The van der Waals surface area contributed by atoms with Crippen LogP contribution in [-0.4, -0.2) is 41.9 Å². The Labute approximate surface area is 138 Å². The Morgan fingerprint density at radius 1 is 1.48 bits per heavy atom. The van der Waals surface area contributed by atoms with Crippen LogP contribution in [0.3, 0.4) is 0 Å². The summed E-state index contributed by atoms with van der Waals surface area (Å²) in [6.07, 6.45) is 3.60. The summed E-state index contributed by atoms with van der Waals surface area (Å²) in [5.41, 5.74) is 0.0914. The molecule has 1 aliphatic rings. The lowest BCUT2D eigenvalue weighted by Crippen LogP contribution is -2.63. The first-order chi connectivity index (χ1) is 11.0. The maximum Gasteiger partial charge on any atom is 0.223 e. The molecular weight excluding hydrogens is 294 g/mol. The highest BCUT2D eigenvalue weighted by molar-refractivity contribution is 5.80. The van der Waals surface area contributed by atoms with Crippen molar-refractivity contribution < 1.29 is 9.26 Å². The Hall–Kier alpha value is -1.63. The van der Waals surface area contributed by atoms with E-state index in [0.29, 0.717) is 30.4 Å². The second-order valence-electron chi connectivity index (χ2n) is 6.62. The Morgan fingerprint density at radius 3 is 2.83 bits per heavy atom. The lowest BCUT2D eigenvalue weighted by atomic mass is 9.64. The third kappa shape index (κ3) is 4.43. The molecule has 0 amide bonds. The van der Waals surface area contributed by atoms with Gasteiger partial charge in [0, 0.05) is 32.0 Å². The molecular formula is C16H29N5O2. The van der Waals surface area contributed by atoms with E-state index in [1.54, 1.807) is 14.0 Å². The highest BCUT2D eigenvalue weighted by Gasteiger charge is 2.49. The number of nitrogens with one attached hydrogen (secondary N) is 2. The fourth-order valence-corrected chi connectivity index (χ4v) is 2.72. The highest BCUT2D eigenvalue weighted by Crippen LogP contribution is 2.42. The van der Waals surface area contributed by atoms with Crippen molar-refractivity contribution in [3.63, 3.8) is 0 Å². The number of aromatic nitrogens is 2. The van der Waals surface area contributed by atoms with Gasteiger partial charge in [-0.1, -0.05) is 32.3 Å². The Morgan fingerprint density at radius 2 is 2.26 bits per heavy atom. The topological polar surface area (TPSA) is 84.6 Å². The van der Waals surface area contributed by atoms with Gasteiger partial charge in [0.2, 0.25) is 5.89 Å². The number of rotatable bonds is 7. The monoisotopic (exact) mass is 323 g/mol. The maximum absolute atomic E-state index is 5.98. The van der Waals surface area contributed by atoms with Crippen molar-refractivity contribution in [2.45, 2.75) is 65.6 Å². The van der Waals surface area contributed by atoms with Crippen LogP contribution in [0.2, 0.25) is 0 Å². The second-order valence-corrected chi connectivity index (χ2v) is 6.62. The summed E-state index contributed by atoms with van der Waals surface area (Å²) < 4.78 is 10.9. The average molecular weight is 323 g/mol. The quantitative estimate of drug-likeness (QED) is 0.454. The maximum atomic E-state index is 5.98. The molecule has 0 saturated heterocycles. The van der Waals surface area contributed by atoms with Crippen molar-refractivity contribution in [1.29, 1.82) is 0 Å². The van der Waals surface area contributed by atoms with Crippen LogP contribution in [0.5, 0.6) is 0 Å². The van der Waals surface area contributed by atoms with Gasteiger partial charge in [-0.2, -0.15) is 4.98 Å². The van der Waals surface area contributed by atoms with Crippen LogP contribution in [0.1, 0.15) is 51.7 Å². The van der Waals surface area contributed by atoms with Crippen molar-refractivity contribution in [3.05, 3.63) is 11.7 Å². The highest BCUT2D eigenvalue weighted by atomic mass is 16.5. The van der Waals surface area contributed by atoms with Crippen LogP contribution in [-0.2, 0) is 11.3 Å². The second kappa shape index (κ2) is 7.77. The zero-order valence-electron chi connectivity index (χ0n) is 14.8. The molecule has 23 heavy (non-hydrogen) atoms. The van der Waals surface area contributed by atoms with Crippen molar-refractivity contribution in [1.82, 2.24) is 20.8 Å². The smallest absolute Gasteiger partial charge is 0.223 e. The molecule has 7 heteroatoms. The summed E-state index contributed by atoms with van der Waals surface area (Å²) in [7, 11) is 1.76. The number of nitrogens with zero attached hydrogens (tertiary/aromatic N) is 3. The summed E-state index contributed by atoms with van der Waals surface area (Å²) in [4.78, 5) is 8.43. The van der Waals surface area contributed by atoms with Gasteiger partial charge < -0.3 is 19.9 Å². The van der Waals surface area contributed by atoms with Crippen LogP contribution in [0.4, 0.5) is 0 Å². The zero-order valence-corrected chi connectivity index (χ0v) is 14.8. The largest absolute Gasteiger partial charge is 0.378 e. The van der Waals surface area contributed by atoms with Crippen LogP contribution in [0.25, 0.3) is 0 Å². The number of aryl methyl sites for hydroxylation is 1. The van der Waals surface area contributed by atoms with Crippen molar-refractivity contribution >= 4 is 5.96 Å². The van der Waals surface area contributed by atoms with Gasteiger partial charge in [0.05, 0.1) is 12.6 Å². The van der Waals surface area contributed by atoms with Crippen LogP contribution >= 0.6 is 0 Å². The molecule has 0 aromatic carbocycles. The predicted molar refractivity (Wildman–Crippen MR) is 89.2 cm³/mol. The standard InChI is InChI=1S/C16H29N5O2/c1-6-7-8-22-13-9-12(16(13,3)4)20-15(17-5)18-10-14-19-11(2)23-21-14/h12-13H,6-10H2,1-5H3,(H2,17,18,20). The number of hydrogen-bond acceptors (Lipinski definition) is 5. The molecule has 0 radical (unpaired) electrons. The number of unbranched alkanes of at least 4 members (excludes halogenated alkanes) is 1. The predicted octanol–water partition coefficient (Wildman–Crippen LogP) is 2.03. The molecule has 1 saturated carbocycles. The summed E-state index contributed by atoms with van der Waals surface area (Å²) >= 11 is 0. The lowest BCUT2D eigenvalue weighted by Gasteiger charge is -2.52. The molecule has 2 unspecified atom stereocenters. The van der Waals surface area contributed by atoms with Gasteiger partial charge in [-0.05, 0) is 12.8 Å². The normalized spacial score (nSPS) is 23.4. The summed E-state index contributed by atoms with van der Waals surface area (Å²) in [5.74, 6) is 1.94. The van der Waals surface area contributed by atoms with E-state index >= 15 is 0 Å². The molecule has 1 fully saturated rings. The minimum absolute atomic E-state index is 0.0914. The molecule has 0 spiro atoms. The van der Waals surface area contributed by atoms with E-state index in [0.717, 1.165) is 25.4 Å². The van der Waals surface area contributed by atoms with Gasteiger partial charge >= 0.3 is 0 Å². The van der Waals surface area contributed by atoms with E-state index in [1.165, 1.54) is 6.42 Å². The lowest BCUT2D eigenvalue weighted by molar-refractivity contribution is -0.113. The summed E-state index contributed by atoms with van der Waals surface area (Å²) in [6, 6.07) is 0.340. The molecule has 0 aliphatic heterocycles. The van der Waals surface area contributed by atoms with Crippen LogP contribution in [0, 0.1) is 12.3 Å². The van der Waals surface area contributed by atoms with Crippen molar-refractivity contribution in [3.8, 4) is 0 Å².